The summed E-state index contributed by atoms with van der Waals surface area (Å²) in [6, 6.07) is -13.6. The number of carbonyl (C=O) groups excluding carboxylic acids is 19. The fraction of sp³-hybridized carbons (Fsp3) is 0.768. The lowest BCUT2D eigenvalue weighted by molar-refractivity contribution is -0.143. The quantitative estimate of drug-likeness (QED) is 0.0160. The molecule has 2 saturated heterocycles. The number of unbranched alkanes of at least 4 members (excludes halogenated alkanes) is 3. The zero-order valence-electron chi connectivity index (χ0n) is 86.1. The predicted octanol–water partition coefficient (Wildman–Crippen LogP) is -3.50. The van der Waals surface area contributed by atoms with Crippen molar-refractivity contribution in [2.24, 2.45) is 69.4 Å². The number of primary amides is 4. The fourth-order valence-electron chi connectivity index (χ4n) is 15.2. The van der Waals surface area contributed by atoms with Crippen LogP contribution in [0.3, 0.4) is 0 Å². The molecule has 0 bridgehead atoms. The van der Waals surface area contributed by atoms with Gasteiger partial charge in [-0.3, -0.25) is 91.1 Å². The van der Waals surface area contributed by atoms with Crippen molar-refractivity contribution in [2.45, 2.75) is 307 Å². The van der Waals surface area contributed by atoms with E-state index in [1.165, 1.54) is 41.5 Å². The summed E-state index contributed by atoms with van der Waals surface area (Å²) in [5, 5.41) is 61.9. The first-order valence-electron chi connectivity index (χ1n) is 49.7. The van der Waals surface area contributed by atoms with Crippen molar-refractivity contribution in [3.05, 3.63) is 12.2 Å². The molecule has 826 valence electrons. The van der Waals surface area contributed by atoms with Crippen LogP contribution in [0, 0.1) is 35.0 Å². The molecule has 145 heavy (non-hydrogen) atoms. The molecule has 2 heterocycles. The Morgan fingerprint density at radius 1 is 0.455 bits per heavy atom. The van der Waals surface area contributed by atoms with Gasteiger partial charge in [-0.2, -0.15) is 11.8 Å². The molecular weight excluding hydrogens is 1920 g/mol. The molecule has 0 spiro atoms. The molecule has 0 aromatic rings. The number of carbonyl (C=O) groups is 20. The van der Waals surface area contributed by atoms with Gasteiger partial charge in [0.05, 0.1) is 196 Å². The summed E-state index contributed by atoms with van der Waals surface area (Å²) in [7, 11) is 0. The molecule has 0 radical (unpaired) electrons. The molecule has 0 aromatic heterocycles. The minimum atomic E-state index is -1.80. The third-order valence-electron chi connectivity index (χ3n) is 24.7. The molecule has 20 atom stereocenters. The van der Waals surface area contributed by atoms with Gasteiger partial charge in [0.25, 0.3) is 0 Å². The first kappa shape index (κ1) is 131. The minimum Gasteiger partial charge on any atom is -0.481 e. The van der Waals surface area contributed by atoms with Crippen molar-refractivity contribution >= 4 is 130 Å². The number of amides is 16. The number of ether oxygens (including phenoxy) is 8. The van der Waals surface area contributed by atoms with Gasteiger partial charge in [0.15, 0.2) is 23.1 Å². The van der Waals surface area contributed by atoms with Gasteiger partial charge in [0.2, 0.25) is 82.7 Å². The summed E-state index contributed by atoms with van der Waals surface area (Å²) in [6.07, 6.45) is -1.24. The van der Waals surface area contributed by atoms with Crippen LogP contribution in [0.25, 0.3) is 0 Å². The fourth-order valence-corrected chi connectivity index (χ4v) is 16.8. The van der Waals surface area contributed by atoms with E-state index >= 15 is 4.79 Å². The molecule has 16 amide bonds. The molecule has 2 rings (SSSR count). The van der Waals surface area contributed by atoms with Gasteiger partial charge in [-0.15, -0.1) is 0 Å². The average Bonchev–Trinajstić information content (AvgIpc) is 1.65. The van der Waals surface area contributed by atoms with Gasteiger partial charge in [-0.05, 0) is 110 Å². The smallest absolute Gasteiger partial charge is 0.315 e. The zero-order valence-corrected chi connectivity index (χ0v) is 86.9. The third kappa shape index (κ3) is 53.2. The Morgan fingerprint density at radius 2 is 0.917 bits per heavy atom. The number of carboxylic acid groups (broad SMARTS) is 1. The molecule has 2 fully saturated rings. The van der Waals surface area contributed by atoms with E-state index in [0.29, 0.717) is 97.3 Å². The van der Waals surface area contributed by atoms with Gasteiger partial charge < -0.3 is 151 Å². The molecule has 49 nitrogen and oxygen atoms in total. The average molecular weight is 2090 g/mol. The van der Waals surface area contributed by atoms with Crippen LogP contribution >= 0.6 is 11.8 Å². The number of nitrogens with two attached hydrogens (primary N) is 6. The van der Waals surface area contributed by atoms with E-state index in [0.717, 1.165) is 25.0 Å². The molecule has 2 aliphatic heterocycles. The monoisotopic (exact) mass is 2090 g/mol. The number of ketones is 4. The number of Topliss-reactive ketones (excluding diaryl/α,β-unsaturated/α-hetero) is 4. The lowest BCUT2D eigenvalue weighted by Crippen LogP contribution is -2.59. The summed E-state index contributed by atoms with van der Waals surface area (Å²) < 4.78 is 44.4. The van der Waals surface area contributed by atoms with Crippen LogP contribution in [0.2, 0.25) is 0 Å². The van der Waals surface area contributed by atoms with Crippen LogP contribution in [0.15, 0.2) is 12.2 Å². The summed E-state index contributed by atoms with van der Waals surface area (Å²) in [6.45, 7) is 22.6. The maximum atomic E-state index is 15.0. The van der Waals surface area contributed by atoms with Crippen LogP contribution in [0.4, 0.5) is 4.79 Å². The van der Waals surface area contributed by atoms with Gasteiger partial charge >= 0.3 is 12.0 Å². The van der Waals surface area contributed by atoms with E-state index in [4.69, 9.17) is 72.3 Å². The van der Waals surface area contributed by atoms with E-state index < -0.39 is 265 Å². The number of aliphatic carboxylic acids is 1. The number of rotatable bonds is 85. The molecule has 2 aliphatic rings. The molecule has 50 heteroatoms. The van der Waals surface area contributed by atoms with Crippen molar-refractivity contribution in [3.8, 4) is 0 Å². The number of thioether (sulfide) groups is 1. The van der Waals surface area contributed by atoms with Crippen molar-refractivity contribution in [2.75, 3.05) is 125 Å². The summed E-state index contributed by atoms with van der Waals surface area (Å²) in [5.41, 5.74) is 30.2. The normalized spacial score (nSPS) is 17.8. The molecular formula is C95H164N18O31S. The summed E-state index contributed by atoms with van der Waals surface area (Å²) >= 11 is 1.87. The Kier molecular flexibility index (Phi) is 64.2. The molecule has 27 N–H and O–H groups in total. The summed E-state index contributed by atoms with van der Waals surface area (Å²) in [4.78, 5) is 266. The maximum absolute atomic E-state index is 15.0. The number of aliphatic hydroxyl groups is 2. The predicted molar refractivity (Wildman–Crippen MR) is 529 cm³/mol. The number of fused-ring (bicyclic) bond motifs is 1. The Bertz CT molecular complexity index is 4180. The number of urea groups is 1. The second-order valence-electron chi connectivity index (χ2n) is 37.5. The van der Waals surface area contributed by atoms with Crippen LogP contribution < -0.4 is 98.2 Å². The van der Waals surface area contributed by atoms with Crippen LogP contribution in [0.1, 0.15) is 218 Å². The highest BCUT2D eigenvalue weighted by atomic mass is 32.2. The van der Waals surface area contributed by atoms with Crippen molar-refractivity contribution in [3.63, 3.8) is 0 Å². The maximum Gasteiger partial charge on any atom is 0.315 e. The van der Waals surface area contributed by atoms with Crippen LogP contribution in [-0.2, 0) is 129 Å². The lowest BCUT2D eigenvalue weighted by atomic mass is 9.77. The van der Waals surface area contributed by atoms with Crippen LogP contribution in [-0.4, -0.2) is 347 Å². The van der Waals surface area contributed by atoms with E-state index in [9.17, 15) is 106 Å². The zero-order chi connectivity index (χ0) is 109. The lowest BCUT2D eigenvalue weighted by Gasteiger charge is -2.33. The summed E-state index contributed by atoms with van der Waals surface area (Å²) in [5.74, 6) is -21.1. The number of hydrogen-bond donors (Lipinski definition) is 21. The topological polar surface area (TPSA) is 776 Å². The van der Waals surface area contributed by atoms with Gasteiger partial charge in [0, 0.05) is 62.6 Å². The largest absolute Gasteiger partial charge is 0.481 e. The highest BCUT2D eigenvalue weighted by Gasteiger charge is 2.46. The first-order valence-corrected chi connectivity index (χ1v) is 50.7. The van der Waals surface area contributed by atoms with E-state index in [1.807, 2.05) is 11.8 Å². The SMILES string of the molecule is CC[C@H](C)[C@H](N)C(=O)N[C@H](C(=O)N[C@@H](CC(N)=O)C(=O)C[C@@](C)(CCC/C=C\CCC[C@](C)(NC(=O)[C@H](CC(=O)O)CC(=O)[C@@H](NC(=O)[C@H](C)NC(=O)[C@H](CC(N)=O)NC(=O)[C@H](CCC(N)=O)NC(=O)[C@@H](N)[C@@H](C)O)[C@@H](C)CC)C(C)=O)C(=O)N[C@H](C(=O)C[C@@H](CC(N)=O)C(=O)NCCOCCOCCOCCOCCOCCOCCOCCOCCNC(=O)CCCC[C@@H]1SC[C@@H]2NC(=O)N[C@@H]21)C(C)C)[C@@H](C)O. The van der Waals surface area contributed by atoms with Crippen molar-refractivity contribution < 1.29 is 149 Å². The molecule has 0 unspecified atom stereocenters. The highest BCUT2D eigenvalue weighted by Crippen LogP contribution is 2.35. The van der Waals surface area contributed by atoms with E-state index in [2.05, 4.69) is 63.8 Å². The third-order valence-corrected chi connectivity index (χ3v) is 26.2. The number of aliphatic hydroxyl groups excluding tert-OH is 2. The molecule has 0 saturated carbocycles. The standard InChI is InChI=1S/C95H164N18O31S/c1-13-56(5)78(100)89(132)110-82(60(9)115)91(134)106-65(51-74(98)122)70(119)53-94(11,27-21-17-15-16-18-22-28-95(12,61(10)116)113-86(129)63(50-77(125)126)48-69(118)81(57(6)14-2)109-84(127)58(7)104-88(131)66(52-75(99)123)107-87(130)64(25-26-72(96)120)105-90(133)79(101)59(8)114)92(135)111-80(55(3)4)68(117)47-62(49-73(97)121)85(128)103-30-32-138-34-36-140-38-40-142-42-44-144-46-45-143-43-41-141-39-37-139-35-33-137-31-29-102-76(124)24-20-19-23-71-83-67(54-145-71)108-93(136)112-83/h15-16,55-60,62-67,71,78-83,114-115H,13-14,17-54,100-101H2,1-12H3,(H2,96,120)(H2,97,121)(H2,98,122)(H2,99,123)(H,102,124)(H,103,128)(H,104,131)(H,105,133)(H,106,134)(H,107,130)(H,109,127)(H,110,132)(H,111,135)(H,113,129)(H,125,126)(H2,108,112,136)/b16-15-/t56-,57-,58-,59+,60+,62-,63-,64-,65-,66-,67-,71-,78-,79-,80-,81-,82-,83-,94+,95-/m0/s1. The minimum absolute atomic E-state index is 0.000752. The Labute approximate surface area is 852 Å². The molecule has 0 aromatic carbocycles. The Balaban J connectivity index is 2.08. The number of hydrogen-bond acceptors (Lipinski definition) is 33. The van der Waals surface area contributed by atoms with Crippen molar-refractivity contribution in [1.82, 2.24) is 63.8 Å². The van der Waals surface area contributed by atoms with Gasteiger partial charge in [-0.25, -0.2) is 4.79 Å². The highest BCUT2D eigenvalue weighted by molar-refractivity contribution is 8.00. The number of allylic oxidation sites excluding steroid dienone is 2. The second kappa shape index (κ2) is 71.2. The van der Waals surface area contributed by atoms with E-state index in [1.54, 1.807) is 53.7 Å². The van der Waals surface area contributed by atoms with Gasteiger partial charge in [0.1, 0.15) is 30.2 Å². The Hall–Kier alpha value is -10.4. The Morgan fingerprint density at radius 3 is 1.40 bits per heavy atom. The second-order valence-corrected chi connectivity index (χ2v) is 38.8. The first-order chi connectivity index (χ1) is 68.4. The van der Waals surface area contributed by atoms with Gasteiger partial charge in [-0.1, -0.05) is 79.9 Å². The van der Waals surface area contributed by atoms with Crippen LogP contribution in [0.5, 0.6) is 0 Å². The van der Waals surface area contributed by atoms with Crippen molar-refractivity contribution in [1.29, 1.82) is 0 Å². The number of carboxylic acids is 1. The molecule has 0 aliphatic carbocycles. The van der Waals surface area contributed by atoms with E-state index in [-0.39, 0.29) is 114 Å². The number of nitrogens with one attached hydrogen (secondary N) is 12.